The first-order valence-electron chi connectivity index (χ1n) is 8.82. The van der Waals surface area contributed by atoms with Gasteiger partial charge >= 0.3 is 0 Å². The Morgan fingerprint density at radius 2 is 2.08 bits per heavy atom. The van der Waals surface area contributed by atoms with Crippen LogP contribution in [0, 0.1) is 0 Å². The summed E-state index contributed by atoms with van der Waals surface area (Å²) in [5.41, 5.74) is 1.12. The minimum atomic E-state index is 0. The second kappa shape index (κ2) is 11.0. The summed E-state index contributed by atoms with van der Waals surface area (Å²) < 4.78 is 0. The summed E-state index contributed by atoms with van der Waals surface area (Å²) in [6.07, 6.45) is 2.25. The van der Waals surface area contributed by atoms with Gasteiger partial charge in [-0.15, -0.1) is 35.3 Å². The molecule has 2 aromatic rings. The fourth-order valence-corrected chi connectivity index (χ4v) is 4.01. The van der Waals surface area contributed by atoms with Gasteiger partial charge in [-0.05, 0) is 55.0 Å². The highest BCUT2D eigenvalue weighted by molar-refractivity contribution is 14.0. The smallest absolute Gasteiger partial charge is 0.191 e. The van der Waals surface area contributed by atoms with Crippen LogP contribution >= 0.6 is 46.9 Å². The van der Waals surface area contributed by atoms with E-state index in [0.717, 1.165) is 49.0 Å². The Morgan fingerprint density at radius 3 is 2.73 bits per heavy atom. The molecular formula is C19H26ClIN4S. The number of guanidine groups is 1. The van der Waals surface area contributed by atoms with E-state index < -0.39 is 0 Å². The van der Waals surface area contributed by atoms with Crippen molar-refractivity contribution in [2.24, 2.45) is 4.99 Å². The average Bonchev–Trinajstić information content (AvgIpc) is 3.15. The van der Waals surface area contributed by atoms with Crippen LogP contribution in [-0.4, -0.2) is 31.6 Å². The average molecular weight is 505 g/mol. The van der Waals surface area contributed by atoms with Crippen molar-refractivity contribution in [3.05, 3.63) is 52.4 Å². The summed E-state index contributed by atoms with van der Waals surface area (Å²) in [6, 6.07) is 12.7. The van der Waals surface area contributed by atoms with Gasteiger partial charge in [0.25, 0.3) is 0 Å². The number of nitrogens with zero attached hydrogens (tertiary/aromatic N) is 2. The number of rotatable bonds is 5. The minimum absolute atomic E-state index is 0. The summed E-state index contributed by atoms with van der Waals surface area (Å²) in [5, 5.41) is 11.2. The first-order chi connectivity index (χ1) is 12.2. The Balaban J connectivity index is 0.00000243. The molecule has 1 aliphatic heterocycles. The fourth-order valence-electron chi connectivity index (χ4n) is 3.01. The topological polar surface area (TPSA) is 39.7 Å². The lowest BCUT2D eigenvalue weighted by Crippen LogP contribution is -2.48. The van der Waals surface area contributed by atoms with Crippen LogP contribution in [0.5, 0.6) is 0 Å². The van der Waals surface area contributed by atoms with Gasteiger partial charge in [-0.3, -0.25) is 0 Å². The molecule has 26 heavy (non-hydrogen) atoms. The van der Waals surface area contributed by atoms with Crippen LogP contribution < -0.4 is 15.5 Å². The van der Waals surface area contributed by atoms with Gasteiger partial charge in [0.15, 0.2) is 5.96 Å². The lowest BCUT2D eigenvalue weighted by Gasteiger charge is -2.33. The molecule has 1 aliphatic rings. The van der Waals surface area contributed by atoms with E-state index in [-0.39, 0.29) is 24.0 Å². The van der Waals surface area contributed by atoms with Crippen LogP contribution in [0.1, 0.15) is 25.3 Å². The van der Waals surface area contributed by atoms with Gasteiger partial charge in [-0.1, -0.05) is 23.7 Å². The van der Waals surface area contributed by atoms with E-state index in [1.54, 1.807) is 0 Å². The van der Waals surface area contributed by atoms with E-state index in [0.29, 0.717) is 12.6 Å². The Bertz CT molecular complexity index is 685. The monoisotopic (exact) mass is 504 g/mol. The normalized spacial score (nSPS) is 15.5. The van der Waals surface area contributed by atoms with E-state index in [1.165, 1.54) is 5.00 Å². The summed E-state index contributed by atoms with van der Waals surface area (Å²) >= 11 is 7.87. The maximum absolute atomic E-state index is 6.05. The van der Waals surface area contributed by atoms with Crippen molar-refractivity contribution in [2.45, 2.75) is 32.4 Å². The van der Waals surface area contributed by atoms with E-state index in [2.05, 4.69) is 46.0 Å². The highest BCUT2D eigenvalue weighted by atomic mass is 127. The van der Waals surface area contributed by atoms with Crippen LogP contribution in [0.3, 0.4) is 0 Å². The molecule has 0 atom stereocenters. The predicted octanol–water partition coefficient (Wildman–Crippen LogP) is 4.74. The molecule has 1 aromatic carbocycles. The van der Waals surface area contributed by atoms with E-state index in [1.807, 2.05) is 29.5 Å². The molecule has 0 unspecified atom stereocenters. The third kappa shape index (κ3) is 6.32. The van der Waals surface area contributed by atoms with Crippen LogP contribution in [-0.2, 0) is 6.54 Å². The zero-order chi connectivity index (χ0) is 17.5. The number of hydrogen-bond donors (Lipinski definition) is 2. The molecule has 2 N–H and O–H groups in total. The molecule has 1 aromatic heterocycles. The highest BCUT2D eigenvalue weighted by Crippen LogP contribution is 2.24. The Morgan fingerprint density at radius 1 is 1.27 bits per heavy atom. The summed E-state index contributed by atoms with van der Waals surface area (Å²) in [4.78, 5) is 7.18. The van der Waals surface area contributed by atoms with E-state index >= 15 is 0 Å². The van der Waals surface area contributed by atoms with Crippen molar-refractivity contribution in [1.82, 2.24) is 10.6 Å². The summed E-state index contributed by atoms with van der Waals surface area (Å²) in [5.74, 6) is 0.886. The number of thiophene rings is 1. The fraction of sp³-hybridized carbons (Fsp3) is 0.421. The maximum atomic E-state index is 6.05. The number of anilines is 1. The lowest BCUT2D eigenvalue weighted by molar-refractivity contribution is 0.463. The van der Waals surface area contributed by atoms with Gasteiger partial charge in [0.1, 0.15) is 0 Å². The standard InChI is InChI=1S/C19H25ClN4S.HI/c1-2-21-19(22-14-15-5-3-6-16(20)13-15)23-17-8-10-24(11-9-17)18-7-4-12-25-18;/h3-7,12-13,17H,2,8-11,14H2,1H3,(H2,21,22,23);1H. The summed E-state index contributed by atoms with van der Waals surface area (Å²) in [6.45, 7) is 5.76. The van der Waals surface area contributed by atoms with Crippen LogP contribution in [0.2, 0.25) is 5.02 Å². The van der Waals surface area contributed by atoms with Gasteiger partial charge in [0.05, 0.1) is 11.5 Å². The Hall–Kier alpha value is -0.990. The number of piperidine rings is 1. The predicted molar refractivity (Wildman–Crippen MR) is 124 cm³/mol. The van der Waals surface area contributed by atoms with Gasteiger partial charge < -0.3 is 15.5 Å². The zero-order valence-corrected chi connectivity index (χ0v) is 18.9. The van der Waals surface area contributed by atoms with Crippen molar-refractivity contribution in [3.63, 3.8) is 0 Å². The third-order valence-corrected chi connectivity index (χ3v) is 5.47. The number of benzene rings is 1. The van der Waals surface area contributed by atoms with Gasteiger partial charge in [-0.25, -0.2) is 4.99 Å². The number of nitrogens with one attached hydrogen (secondary N) is 2. The molecule has 1 fully saturated rings. The number of aliphatic imine (C=N–C) groups is 1. The second-order valence-corrected chi connectivity index (χ2v) is 7.54. The minimum Gasteiger partial charge on any atom is -0.363 e. The van der Waals surface area contributed by atoms with Gasteiger partial charge in [0, 0.05) is 30.7 Å². The molecule has 142 valence electrons. The zero-order valence-electron chi connectivity index (χ0n) is 15.0. The molecule has 0 spiro atoms. The van der Waals surface area contributed by atoms with Crippen LogP contribution in [0.25, 0.3) is 0 Å². The largest absolute Gasteiger partial charge is 0.363 e. The van der Waals surface area contributed by atoms with Gasteiger partial charge in [0.2, 0.25) is 0 Å². The SMILES string of the molecule is CCNC(=NCc1cccc(Cl)c1)NC1CCN(c2cccs2)CC1.I. The molecule has 2 heterocycles. The van der Waals surface area contributed by atoms with E-state index in [4.69, 9.17) is 16.6 Å². The molecule has 7 heteroatoms. The number of hydrogen-bond acceptors (Lipinski definition) is 3. The van der Waals surface area contributed by atoms with Crippen LogP contribution in [0.15, 0.2) is 46.8 Å². The van der Waals surface area contributed by atoms with Crippen molar-refractivity contribution in [3.8, 4) is 0 Å². The Labute approximate surface area is 182 Å². The van der Waals surface area contributed by atoms with E-state index in [9.17, 15) is 0 Å². The molecule has 0 saturated carbocycles. The number of halogens is 2. The molecule has 1 saturated heterocycles. The van der Waals surface area contributed by atoms with Crippen molar-refractivity contribution in [2.75, 3.05) is 24.5 Å². The van der Waals surface area contributed by atoms with Crippen molar-refractivity contribution >= 4 is 57.9 Å². The second-order valence-electron chi connectivity index (χ2n) is 6.18. The molecule has 4 nitrogen and oxygen atoms in total. The highest BCUT2D eigenvalue weighted by Gasteiger charge is 2.20. The maximum Gasteiger partial charge on any atom is 0.191 e. The Kier molecular flexibility index (Phi) is 9.01. The molecule has 3 rings (SSSR count). The first-order valence-corrected chi connectivity index (χ1v) is 10.1. The molecular weight excluding hydrogens is 479 g/mol. The quantitative estimate of drug-likeness (QED) is 0.351. The van der Waals surface area contributed by atoms with Crippen LogP contribution in [0.4, 0.5) is 5.00 Å². The first kappa shape index (κ1) is 21.3. The molecule has 0 aliphatic carbocycles. The summed E-state index contributed by atoms with van der Waals surface area (Å²) in [7, 11) is 0. The van der Waals surface area contributed by atoms with Crippen molar-refractivity contribution in [1.29, 1.82) is 0 Å². The molecule has 0 bridgehead atoms. The van der Waals surface area contributed by atoms with Crippen molar-refractivity contribution < 1.29 is 0 Å². The molecule has 0 amide bonds. The third-order valence-electron chi connectivity index (χ3n) is 4.31. The lowest BCUT2D eigenvalue weighted by atomic mass is 10.1. The molecule has 0 radical (unpaired) electrons. The van der Waals surface area contributed by atoms with Gasteiger partial charge in [-0.2, -0.15) is 0 Å².